The van der Waals surface area contributed by atoms with E-state index in [0.717, 1.165) is 0 Å². The molecule has 0 aliphatic rings. The zero-order valence-corrected chi connectivity index (χ0v) is 9.09. The second-order valence-electron chi connectivity index (χ2n) is 3.89. The molecule has 0 saturated heterocycles. The van der Waals surface area contributed by atoms with Crippen LogP contribution in [0.15, 0.2) is 0 Å². The Labute approximate surface area is 78.9 Å². The van der Waals surface area contributed by atoms with E-state index in [2.05, 4.69) is 0 Å². The minimum atomic E-state index is -4.67. The van der Waals surface area contributed by atoms with Crippen LogP contribution in [0.1, 0.15) is 27.7 Å². The summed E-state index contributed by atoms with van der Waals surface area (Å²) in [5.74, 6) is 0. The highest BCUT2D eigenvalue weighted by atomic mass is 32.3. The van der Waals surface area contributed by atoms with Crippen molar-refractivity contribution in [3.63, 3.8) is 0 Å². The molecule has 0 aromatic heterocycles. The van der Waals surface area contributed by atoms with E-state index in [9.17, 15) is 0 Å². The van der Waals surface area contributed by atoms with Gasteiger partial charge in [0, 0.05) is 11.1 Å². The molecule has 6 N–H and O–H groups in total. The van der Waals surface area contributed by atoms with Gasteiger partial charge in [0.1, 0.15) is 0 Å². The molecule has 0 rings (SSSR count). The summed E-state index contributed by atoms with van der Waals surface area (Å²) in [7, 11) is -4.67. The van der Waals surface area contributed by atoms with Gasteiger partial charge in [0.15, 0.2) is 0 Å². The third-order valence-electron chi connectivity index (χ3n) is 1.66. The van der Waals surface area contributed by atoms with Crippen molar-refractivity contribution in [1.29, 1.82) is 0 Å². The van der Waals surface area contributed by atoms with E-state index in [4.69, 9.17) is 29.0 Å². The second kappa shape index (κ2) is 4.34. The summed E-state index contributed by atoms with van der Waals surface area (Å²) in [6, 6.07) is 0. The van der Waals surface area contributed by atoms with Crippen LogP contribution in [0.25, 0.3) is 0 Å². The Hall–Kier alpha value is -0.210. The van der Waals surface area contributed by atoms with E-state index in [-0.39, 0.29) is 11.1 Å². The van der Waals surface area contributed by atoms with E-state index in [1.807, 2.05) is 27.7 Å². The predicted octanol–water partition coefficient (Wildman–Crippen LogP) is -0.192. The van der Waals surface area contributed by atoms with Crippen molar-refractivity contribution >= 4 is 10.4 Å². The Kier molecular flexibility index (Phi) is 5.09. The SMILES string of the molecule is CC(C)(N)C(C)(C)N.O=S(=O)(O)O. The summed E-state index contributed by atoms with van der Waals surface area (Å²) in [5.41, 5.74) is 10.8. The predicted molar refractivity (Wildman–Crippen MR) is 50.7 cm³/mol. The molecular formula is C6H18N2O4S. The molecular weight excluding hydrogens is 196 g/mol. The van der Waals surface area contributed by atoms with E-state index in [0.29, 0.717) is 0 Å². The zero-order valence-electron chi connectivity index (χ0n) is 8.27. The first kappa shape index (κ1) is 15.3. The molecule has 0 unspecified atom stereocenters. The lowest BCUT2D eigenvalue weighted by Crippen LogP contribution is -2.58. The van der Waals surface area contributed by atoms with Crippen LogP contribution in [0.3, 0.4) is 0 Å². The third-order valence-corrected chi connectivity index (χ3v) is 1.66. The van der Waals surface area contributed by atoms with Crippen LogP contribution >= 0.6 is 0 Å². The molecule has 0 spiro atoms. The van der Waals surface area contributed by atoms with Gasteiger partial charge in [-0.1, -0.05) is 0 Å². The number of nitrogens with two attached hydrogens (primary N) is 2. The van der Waals surface area contributed by atoms with Crippen molar-refractivity contribution in [2.45, 2.75) is 38.8 Å². The lowest BCUT2D eigenvalue weighted by molar-refractivity contribution is 0.309. The Morgan fingerprint density at radius 1 is 0.923 bits per heavy atom. The molecule has 7 heteroatoms. The Bertz CT molecular complexity index is 214. The molecule has 0 amide bonds. The highest BCUT2D eigenvalue weighted by Gasteiger charge is 2.28. The molecule has 0 aliphatic carbocycles. The highest BCUT2D eigenvalue weighted by molar-refractivity contribution is 7.79. The molecule has 0 heterocycles. The summed E-state index contributed by atoms with van der Waals surface area (Å²) in [6.07, 6.45) is 0. The topological polar surface area (TPSA) is 127 Å². The van der Waals surface area contributed by atoms with Gasteiger partial charge in [-0.25, -0.2) is 0 Å². The normalized spacial score (nSPS) is 13.2. The van der Waals surface area contributed by atoms with E-state index >= 15 is 0 Å². The fourth-order valence-electron chi connectivity index (χ4n) is 0. The average molecular weight is 214 g/mol. The highest BCUT2D eigenvalue weighted by Crippen LogP contribution is 2.13. The van der Waals surface area contributed by atoms with Gasteiger partial charge in [0.05, 0.1) is 0 Å². The first-order chi connectivity index (χ1) is 5.25. The van der Waals surface area contributed by atoms with Crippen LogP contribution < -0.4 is 11.5 Å². The lowest BCUT2D eigenvalue weighted by atomic mass is 9.85. The van der Waals surface area contributed by atoms with E-state index < -0.39 is 10.4 Å². The van der Waals surface area contributed by atoms with Crippen molar-refractivity contribution in [2.75, 3.05) is 0 Å². The quantitative estimate of drug-likeness (QED) is 0.448. The largest absolute Gasteiger partial charge is 0.394 e. The maximum Gasteiger partial charge on any atom is 0.394 e. The molecule has 13 heavy (non-hydrogen) atoms. The van der Waals surface area contributed by atoms with Gasteiger partial charge in [-0.15, -0.1) is 0 Å². The van der Waals surface area contributed by atoms with Crippen molar-refractivity contribution in [3.8, 4) is 0 Å². The van der Waals surface area contributed by atoms with Crippen LogP contribution in [0.4, 0.5) is 0 Å². The van der Waals surface area contributed by atoms with Crippen molar-refractivity contribution < 1.29 is 17.5 Å². The third kappa shape index (κ3) is 14.6. The Balaban J connectivity index is 0. The van der Waals surface area contributed by atoms with Gasteiger partial charge < -0.3 is 11.5 Å². The fourth-order valence-corrected chi connectivity index (χ4v) is 0. The minimum absolute atomic E-state index is 0.285. The minimum Gasteiger partial charge on any atom is -0.324 e. The second-order valence-corrected chi connectivity index (χ2v) is 4.79. The molecule has 0 aromatic rings. The molecule has 0 radical (unpaired) electrons. The zero-order chi connectivity index (χ0) is 11.5. The van der Waals surface area contributed by atoms with Gasteiger partial charge in [-0.05, 0) is 27.7 Å². The smallest absolute Gasteiger partial charge is 0.324 e. The first-order valence-corrected chi connectivity index (χ1v) is 4.92. The van der Waals surface area contributed by atoms with Gasteiger partial charge in [0.2, 0.25) is 0 Å². The number of hydrogen-bond acceptors (Lipinski definition) is 4. The van der Waals surface area contributed by atoms with Crippen LogP contribution in [-0.2, 0) is 10.4 Å². The summed E-state index contributed by atoms with van der Waals surface area (Å²) in [5, 5.41) is 0. The molecule has 0 saturated carbocycles. The van der Waals surface area contributed by atoms with Gasteiger partial charge in [-0.2, -0.15) is 8.42 Å². The van der Waals surface area contributed by atoms with Gasteiger partial charge >= 0.3 is 10.4 Å². The molecule has 0 bridgehead atoms. The van der Waals surface area contributed by atoms with Crippen molar-refractivity contribution in [2.24, 2.45) is 11.5 Å². The Morgan fingerprint density at radius 3 is 1.00 bits per heavy atom. The van der Waals surface area contributed by atoms with E-state index in [1.165, 1.54) is 0 Å². The fraction of sp³-hybridized carbons (Fsp3) is 1.00. The van der Waals surface area contributed by atoms with Crippen LogP contribution in [0, 0.1) is 0 Å². The summed E-state index contributed by atoms with van der Waals surface area (Å²) < 4.78 is 31.6. The maximum atomic E-state index is 8.74. The number of hydrogen-bond donors (Lipinski definition) is 4. The average Bonchev–Trinajstić information content (AvgIpc) is 1.50. The molecule has 0 fully saturated rings. The van der Waals surface area contributed by atoms with Gasteiger partial charge in [0.25, 0.3) is 0 Å². The lowest BCUT2D eigenvalue weighted by Gasteiger charge is -2.34. The first-order valence-electron chi connectivity index (χ1n) is 3.53. The molecule has 82 valence electrons. The maximum absolute atomic E-state index is 8.74. The molecule has 0 aliphatic heterocycles. The van der Waals surface area contributed by atoms with Crippen LogP contribution in [0.5, 0.6) is 0 Å². The van der Waals surface area contributed by atoms with Crippen molar-refractivity contribution in [1.82, 2.24) is 0 Å². The van der Waals surface area contributed by atoms with Gasteiger partial charge in [-0.3, -0.25) is 9.11 Å². The van der Waals surface area contributed by atoms with E-state index in [1.54, 1.807) is 0 Å². The summed E-state index contributed by atoms with van der Waals surface area (Å²) >= 11 is 0. The summed E-state index contributed by atoms with van der Waals surface area (Å²) in [4.78, 5) is 0. The monoisotopic (exact) mass is 214 g/mol. The summed E-state index contributed by atoms with van der Waals surface area (Å²) in [6.45, 7) is 7.69. The number of rotatable bonds is 1. The molecule has 0 aromatic carbocycles. The van der Waals surface area contributed by atoms with Crippen LogP contribution in [0.2, 0.25) is 0 Å². The van der Waals surface area contributed by atoms with Crippen LogP contribution in [-0.4, -0.2) is 28.6 Å². The standard InChI is InChI=1S/C6H16N2.H2O4S/c1-5(2,7)6(3,4)8;1-5(2,3)4/h7-8H2,1-4H3;(H2,1,2,3,4). The molecule has 6 nitrogen and oxygen atoms in total. The Morgan fingerprint density at radius 2 is 1.00 bits per heavy atom. The van der Waals surface area contributed by atoms with Crippen molar-refractivity contribution in [3.05, 3.63) is 0 Å². The molecule has 0 atom stereocenters.